The molecular formula is C19H29N7. The summed E-state index contributed by atoms with van der Waals surface area (Å²) in [5.41, 5.74) is 1.42. The molecule has 0 atom stereocenters. The number of rotatable bonds is 5. The predicted molar refractivity (Wildman–Crippen MR) is 103 cm³/mol. The quantitative estimate of drug-likeness (QED) is 0.887. The molecule has 0 saturated carbocycles. The molecule has 26 heavy (non-hydrogen) atoms. The molecule has 0 radical (unpaired) electrons. The lowest BCUT2D eigenvalue weighted by molar-refractivity contribution is 0.203. The summed E-state index contributed by atoms with van der Waals surface area (Å²) in [5.74, 6) is 3.10. The van der Waals surface area contributed by atoms with Crippen LogP contribution in [0.2, 0.25) is 0 Å². The molecule has 140 valence electrons. The largest absolute Gasteiger partial charge is 0.367 e. The van der Waals surface area contributed by atoms with Gasteiger partial charge in [-0.15, -0.1) is 0 Å². The van der Waals surface area contributed by atoms with E-state index < -0.39 is 0 Å². The molecule has 1 N–H and O–H groups in total. The second-order valence-electron chi connectivity index (χ2n) is 7.63. The van der Waals surface area contributed by atoms with Gasteiger partial charge in [0.05, 0.1) is 6.54 Å². The number of aromatic nitrogens is 4. The number of piperidine rings is 1. The molecular weight excluding hydrogens is 326 g/mol. The molecule has 4 heterocycles. The Balaban J connectivity index is 1.30. The van der Waals surface area contributed by atoms with Crippen LogP contribution < -0.4 is 10.2 Å². The van der Waals surface area contributed by atoms with Crippen molar-refractivity contribution in [3.63, 3.8) is 0 Å². The lowest BCUT2D eigenvalue weighted by Crippen LogP contribution is -2.39. The molecule has 4 rings (SSSR count). The molecule has 0 aliphatic carbocycles. The van der Waals surface area contributed by atoms with E-state index in [4.69, 9.17) is 0 Å². The van der Waals surface area contributed by atoms with E-state index in [1.807, 2.05) is 25.1 Å². The summed E-state index contributed by atoms with van der Waals surface area (Å²) >= 11 is 0. The molecule has 0 aromatic carbocycles. The number of likely N-dealkylation sites (tertiary alicyclic amines) is 1. The number of aryl methyl sites for hydroxylation is 1. The smallest absolute Gasteiger partial charge is 0.133 e. The summed E-state index contributed by atoms with van der Waals surface area (Å²) in [6.07, 6.45) is 9.77. The maximum atomic E-state index is 4.69. The van der Waals surface area contributed by atoms with Crippen LogP contribution in [0.15, 0.2) is 18.6 Å². The molecule has 0 amide bonds. The number of hydrogen-bond acceptors (Lipinski definition) is 6. The summed E-state index contributed by atoms with van der Waals surface area (Å²) in [7, 11) is 4.00. The van der Waals surface area contributed by atoms with Crippen LogP contribution in [-0.2, 0) is 19.5 Å². The van der Waals surface area contributed by atoms with Crippen molar-refractivity contribution in [2.45, 2.75) is 51.2 Å². The van der Waals surface area contributed by atoms with Crippen molar-refractivity contribution in [1.29, 1.82) is 0 Å². The monoisotopic (exact) mass is 355 g/mol. The van der Waals surface area contributed by atoms with Gasteiger partial charge in [0, 0.05) is 57.7 Å². The lowest BCUT2D eigenvalue weighted by atomic mass is 10.0. The second kappa shape index (κ2) is 7.61. The molecule has 0 spiro atoms. The zero-order valence-electron chi connectivity index (χ0n) is 15.9. The minimum Gasteiger partial charge on any atom is -0.367 e. The SMILES string of the molecule is CN(C)c1cc(NC2CCN(Cc3ncc4n3CCCC4)CC2)ncn1. The van der Waals surface area contributed by atoms with Gasteiger partial charge in [-0.25, -0.2) is 15.0 Å². The van der Waals surface area contributed by atoms with E-state index >= 15 is 0 Å². The number of nitrogens with one attached hydrogen (secondary N) is 1. The second-order valence-corrected chi connectivity index (χ2v) is 7.63. The van der Waals surface area contributed by atoms with E-state index in [9.17, 15) is 0 Å². The van der Waals surface area contributed by atoms with E-state index in [-0.39, 0.29) is 0 Å². The molecule has 2 aromatic rings. The van der Waals surface area contributed by atoms with Crippen LogP contribution in [-0.4, -0.2) is 57.6 Å². The van der Waals surface area contributed by atoms with Gasteiger partial charge < -0.3 is 14.8 Å². The summed E-state index contributed by atoms with van der Waals surface area (Å²) < 4.78 is 2.44. The van der Waals surface area contributed by atoms with Crippen LogP contribution in [0.25, 0.3) is 0 Å². The molecule has 0 bridgehead atoms. The molecule has 7 nitrogen and oxygen atoms in total. The van der Waals surface area contributed by atoms with Gasteiger partial charge in [-0.3, -0.25) is 4.90 Å². The van der Waals surface area contributed by atoms with Gasteiger partial charge in [-0.2, -0.15) is 0 Å². The maximum absolute atomic E-state index is 4.69. The van der Waals surface area contributed by atoms with Crippen LogP contribution in [0.3, 0.4) is 0 Å². The van der Waals surface area contributed by atoms with Crippen LogP contribution >= 0.6 is 0 Å². The average molecular weight is 355 g/mol. The fraction of sp³-hybridized carbons (Fsp3) is 0.632. The topological polar surface area (TPSA) is 62.1 Å². The normalized spacial score (nSPS) is 18.5. The lowest BCUT2D eigenvalue weighted by Gasteiger charge is -2.32. The van der Waals surface area contributed by atoms with Gasteiger partial charge in [0.2, 0.25) is 0 Å². The third-order valence-electron chi connectivity index (χ3n) is 5.50. The van der Waals surface area contributed by atoms with E-state index in [0.29, 0.717) is 6.04 Å². The Morgan fingerprint density at radius 2 is 1.96 bits per heavy atom. The van der Waals surface area contributed by atoms with Gasteiger partial charge in [0.1, 0.15) is 23.8 Å². The van der Waals surface area contributed by atoms with E-state index in [1.165, 1.54) is 30.8 Å². The van der Waals surface area contributed by atoms with Gasteiger partial charge in [-0.05, 0) is 32.1 Å². The Bertz CT molecular complexity index is 731. The van der Waals surface area contributed by atoms with Gasteiger partial charge in [0.25, 0.3) is 0 Å². The van der Waals surface area contributed by atoms with E-state index in [2.05, 4.69) is 35.9 Å². The van der Waals surface area contributed by atoms with Crippen molar-refractivity contribution in [1.82, 2.24) is 24.4 Å². The predicted octanol–water partition coefficient (Wildman–Crippen LogP) is 2.15. The molecule has 7 heteroatoms. The Kier molecular flexibility index (Phi) is 5.06. The first-order valence-electron chi connectivity index (χ1n) is 9.70. The Morgan fingerprint density at radius 1 is 1.12 bits per heavy atom. The Hall–Kier alpha value is -2.15. The molecule has 0 unspecified atom stereocenters. The summed E-state index contributed by atoms with van der Waals surface area (Å²) in [6, 6.07) is 2.49. The third kappa shape index (κ3) is 3.82. The maximum Gasteiger partial charge on any atom is 0.133 e. The highest BCUT2D eigenvalue weighted by Gasteiger charge is 2.22. The van der Waals surface area contributed by atoms with Crippen molar-refractivity contribution in [2.75, 3.05) is 37.4 Å². The highest BCUT2D eigenvalue weighted by molar-refractivity contribution is 5.47. The van der Waals surface area contributed by atoms with Crippen molar-refractivity contribution in [2.24, 2.45) is 0 Å². The minimum atomic E-state index is 0.477. The van der Waals surface area contributed by atoms with Crippen molar-refractivity contribution in [3.8, 4) is 0 Å². The first-order valence-corrected chi connectivity index (χ1v) is 9.70. The fourth-order valence-corrected chi connectivity index (χ4v) is 3.94. The number of fused-ring (bicyclic) bond motifs is 1. The first-order chi connectivity index (χ1) is 12.7. The minimum absolute atomic E-state index is 0.477. The van der Waals surface area contributed by atoms with Crippen LogP contribution in [0.5, 0.6) is 0 Å². The van der Waals surface area contributed by atoms with Crippen LogP contribution in [0, 0.1) is 0 Å². The van der Waals surface area contributed by atoms with E-state index in [1.54, 1.807) is 6.33 Å². The number of nitrogens with zero attached hydrogens (tertiary/aromatic N) is 6. The highest BCUT2D eigenvalue weighted by atomic mass is 15.2. The first kappa shape index (κ1) is 17.3. The van der Waals surface area contributed by atoms with Crippen molar-refractivity contribution in [3.05, 3.63) is 30.1 Å². The van der Waals surface area contributed by atoms with Crippen molar-refractivity contribution < 1.29 is 0 Å². The number of hydrogen-bond donors (Lipinski definition) is 1. The van der Waals surface area contributed by atoms with Crippen molar-refractivity contribution >= 4 is 11.6 Å². The third-order valence-corrected chi connectivity index (χ3v) is 5.50. The zero-order chi connectivity index (χ0) is 17.9. The molecule has 1 saturated heterocycles. The molecule has 2 aromatic heterocycles. The molecule has 2 aliphatic heterocycles. The van der Waals surface area contributed by atoms with Gasteiger partial charge >= 0.3 is 0 Å². The highest BCUT2D eigenvalue weighted by Crippen LogP contribution is 2.21. The Labute approximate surface area is 155 Å². The number of imidazole rings is 1. The van der Waals surface area contributed by atoms with Crippen LogP contribution in [0.4, 0.5) is 11.6 Å². The summed E-state index contributed by atoms with van der Waals surface area (Å²) in [5, 5.41) is 3.58. The summed E-state index contributed by atoms with van der Waals surface area (Å²) in [6.45, 7) is 4.33. The van der Waals surface area contributed by atoms with Gasteiger partial charge in [-0.1, -0.05) is 0 Å². The fourth-order valence-electron chi connectivity index (χ4n) is 3.94. The van der Waals surface area contributed by atoms with Crippen LogP contribution in [0.1, 0.15) is 37.2 Å². The molecule has 2 aliphatic rings. The van der Waals surface area contributed by atoms with Gasteiger partial charge in [0.15, 0.2) is 0 Å². The molecule has 1 fully saturated rings. The average Bonchev–Trinajstić information content (AvgIpc) is 3.07. The number of anilines is 2. The zero-order valence-corrected chi connectivity index (χ0v) is 15.9. The summed E-state index contributed by atoms with van der Waals surface area (Å²) in [4.78, 5) is 17.9. The standard InChI is InChI=1S/C19H29N7/c1-24(2)18-11-17(21-14-22-18)23-15-6-9-25(10-7-15)13-19-20-12-16-5-3-4-8-26(16)19/h11-12,14-15H,3-10,13H2,1-2H3,(H,21,22,23). The van der Waals surface area contributed by atoms with E-state index in [0.717, 1.165) is 50.7 Å². The Morgan fingerprint density at radius 3 is 2.77 bits per heavy atom.